The van der Waals surface area contributed by atoms with Gasteiger partial charge in [0.2, 0.25) is 0 Å². The summed E-state index contributed by atoms with van der Waals surface area (Å²) in [5, 5.41) is 9.65. The van der Waals surface area contributed by atoms with Gasteiger partial charge < -0.3 is 20.5 Å². The van der Waals surface area contributed by atoms with Crippen molar-refractivity contribution in [2.45, 2.75) is 70.8 Å². The average molecular weight is 395 g/mol. The number of phosphoric acid groups is 1. The Balaban J connectivity index is 3.37. The minimum atomic E-state index is -4.13. The molecule has 0 fully saturated rings. The zero-order chi connectivity index (χ0) is 19.5. The smallest absolute Gasteiger partial charge is 0.388 e. The van der Waals surface area contributed by atoms with Gasteiger partial charge in [-0.25, -0.2) is 4.57 Å². The first kappa shape index (κ1) is 25.7. The Hall–Kier alpha value is -0.270. The summed E-state index contributed by atoms with van der Waals surface area (Å²) in [7, 11) is -4.13. The van der Waals surface area contributed by atoms with Crippen LogP contribution in [0, 0.1) is 0 Å². The molecule has 0 amide bonds. The van der Waals surface area contributed by atoms with E-state index in [0.717, 1.165) is 12.8 Å². The van der Waals surface area contributed by atoms with Crippen LogP contribution < -0.4 is 5.73 Å². The number of hydrogen-bond acceptors (Lipinski definition) is 6. The average Bonchev–Trinajstić information content (AvgIpc) is 2.62. The Morgan fingerprint density at radius 2 is 1.62 bits per heavy atom. The molecule has 2 unspecified atom stereocenters. The highest BCUT2D eigenvalue weighted by Crippen LogP contribution is 2.42. The fourth-order valence-corrected chi connectivity index (χ4v) is 3.00. The van der Waals surface area contributed by atoms with Crippen LogP contribution in [0.2, 0.25) is 0 Å². The zero-order valence-electron chi connectivity index (χ0n) is 16.2. The topological polar surface area (TPSA) is 111 Å². The molecule has 4 N–H and O–H groups in total. The van der Waals surface area contributed by atoms with Gasteiger partial charge in [0, 0.05) is 13.2 Å². The highest BCUT2D eigenvalue weighted by atomic mass is 31.2. The number of unbranched alkanes of at least 4 members (excludes halogenated alkanes) is 7. The van der Waals surface area contributed by atoms with Crippen LogP contribution in [0.15, 0.2) is 12.2 Å². The van der Waals surface area contributed by atoms with E-state index in [4.69, 9.17) is 10.5 Å². The van der Waals surface area contributed by atoms with E-state index in [1.165, 1.54) is 44.9 Å². The number of allylic oxidation sites excluding steroid dienone is 2. The Labute approximate surface area is 158 Å². The molecular formula is C18H38NO6P. The van der Waals surface area contributed by atoms with Crippen LogP contribution in [0.25, 0.3) is 0 Å². The Kier molecular flexibility index (Phi) is 17.9. The molecule has 0 bridgehead atoms. The monoisotopic (exact) mass is 395 g/mol. The van der Waals surface area contributed by atoms with Crippen LogP contribution in [0.3, 0.4) is 0 Å². The number of nitrogens with two attached hydrogens (primary N) is 1. The highest BCUT2D eigenvalue weighted by Gasteiger charge is 2.22. The molecule has 0 aliphatic heterocycles. The lowest BCUT2D eigenvalue weighted by molar-refractivity contribution is 0.00230. The summed E-state index contributed by atoms with van der Waals surface area (Å²) in [6.07, 6.45) is 14.2. The second-order valence-corrected chi connectivity index (χ2v) is 7.74. The van der Waals surface area contributed by atoms with Gasteiger partial charge in [-0.05, 0) is 25.7 Å². The summed E-state index contributed by atoms with van der Waals surface area (Å²) >= 11 is 0. The minimum Gasteiger partial charge on any atom is -0.388 e. The maximum Gasteiger partial charge on any atom is 0.472 e. The van der Waals surface area contributed by atoms with Crippen molar-refractivity contribution in [2.24, 2.45) is 5.73 Å². The van der Waals surface area contributed by atoms with Crippen molar-refractivity contribution in [2.75, 3.05) is 33.0 Å². The predicted molar refractivity (Wildman–Crippen MR) is 104 cm³/mol. The predicted octanol–water partition coefficient (Wildman–Crippen LogP) is 3.54. The lowest BCUT2D eigenvalue weighted by atomic mass is 10.1. The fraction of sp³-hybridized carbons (Fsp3) is 0.889. The fourth-order valence-electron chi connectivity index (χ4n) is 2.23. The zero-order valence-corrected chi connectivity index (χ0v) is 17.1. The standard InChI is InChI=1S/C18H38NO6P/c1-2-3-4-5-6-7-8-9-10-11-12-14-23-16-18(20)17-25-26(21,22)24-15-13-19/h4-5,18,20H,2-3,6-17,19H2,1H3,(H,21,22)/b5-4-. The third-order valence-corrected chi connectivity index (χ3v) is 4.63. The van der Waals surface area contributed by atoms with Gasteiger partial charge in [0.25, 0.3) is 0 Å². The van der Waals surface area contributed by atoms with Gasteiger partial charge in [0.15, 0.2) is 0 Å². The first-order valence-electron chi connectivity index (χ1n) is 9.74. The van der Waals surface area contributed by atoms with Crippen molar-refractivity contribution in [3.8, 4) is 0 Å². The lowest BCUT2D eigenvalue weighted by Gasteiger charge is -2.15. The van der Waals surface area contributed by atoms with E-state index in [-0.39, 0.29) is 26.4 Å². The van der Waals surface area contributed by atoms with Crippen LogP contribution in [-0.2, 0) is 18.3 Å². The number of rotatable bonds is 19. The molecule has 0 aliphatic carbocycles. The maximum absolute atomic E-state index is 11.4. The van der Waals surface area contributed by atoms with E-state index in [2.05, 4.69) is 28.1 Å². The molecule has 0 aliphatic rings. The summed E-state index contributed by atoms with van der Waals surface area (Å²) in [6.45, 7) is 2.56. The van der Waals surface area contributed by atoms with E-state index < -0.39 is 13.9 Å². The van der Waals surface area contributed by atoms with Gasteiger partial charge in [-0.1, -0.05) is 51.2 Å². The Morgan fingerprint density at radius 1 is 0.962 bits per heavy atom. The third kappa shape index (κ3) is 18.5. The molecule has 156 valence electrons. The van der Waals surface area contributed by atoms with E-state index in [1.54, 1.807) is 0 Å². The number of aliphatic hydroxyl groups excluding tert-OH is 1. The summed E-state index contributed by atoms with van der Waals surface area (Å²) in [5.74, 6) is 0. The second kappa shape index (κ2) is 18.1. The van der Waals surface area contributed by atoms with E-state index in [0.29, 0.717) is 6.61 Å². The van der Waals surface area contributed by atoms with Crippen molar-refractivity contribution in [3.05, 3.63) is 12.2 Å². The van der Waals surface area contributed by atoms with Crippen LogP contribution in [0.1, 0.15) is 64.7 Å². The molecule has 0 aromatic rings. The van der Waals surface area contributed by atoms with Crippen molar-refractivity contribution in [1.82, 2.24) is 0 Å². The van der Waals surface area contributed by atoms with E-state index in [1.807, 2.05) is 0 Å². The molecule has 0 aromatic carbocycles. The molecule has 7 nitrogen and oxygen atoms in total. The number of phosphoric ester groups is 1. The first-order chi connectivity index (χ1) is 12.5. The molecule has 0 heterocycles. The van der Waals surface area contributed by atoms with E-state index >= 15 is 0 Å². The van der Waals surface area contributed by atoms with Crippen LogP contribution >= 0.6 is 7.82 Å². The van der Waals surface area contributed by atoms with Gasteiger partial charge in [-0.3, -0.25) is 9.05 Å². The number of aliphatic hydroxyl groups is 1. The van der Waals surface area contributed by atoms with Gasteiger partial charge in [0.1, 0.15) is 6.10 Å². The number of hydrogen-bond donors (Lipinski definition) is 3. The SMILES string of the molecule is CCC/C=C\CCCCCCCCOCC(O)COP(=O)(O)OCCN. The molecule has 0 aromatic heterocycles. The maximum atomic E-state index is 11.4. The quantitative estimate of drug-likeness (QED) is 0.174. The minimum absolute atomic E-state index is 0.0704. The highest BCUT2D eigenvalue weighted by molar-refractivity contribution is 7.47. The summed E-state index contributed by atoms with van der Waals surface area (Å²) in [6, 6.07) is 0. The van der Waals surface area contributed by atoms with Gasteiger partial charge in [-0.15, -0.1) is 0 Å². The second-order valence-electron chi connectivity index (χ2n) is 6.29. The van der Waals surface area contributed by atoms with Crippen molar-refractivity contribution >= 4 is 7.82 Å². The van der Waals surface area contributed by atoms with Crippen molar-refractivity contribution in [1.29, 1.82) is 0 Å². The molecule has 26 heavy (non-hydrogen) atoms. The van der Waals surface area contributed by atoms with Crippen LogP contribution in [0.4, 0.5) is 0 Å². The number of ether oxygens (including phenoxy) is 1. The van der Waals surface area contributed by atoms with Gasteiger partial charge in [0.05, 0.1) is 19.8 Å². The summed E-state index contributed by atoms with van der Waals surface area (Å²) in [5.41, 5.74) is 5.17. The summed E-state index contributed by atoms with van der Waals surface area (Å²) < 4.78 is 25.9. The van der Waals surface area contributed by atoms with E-state index in [9.17, 15) is 14.6 Å². The molecule has 0 saturated carbocycles. The molecule has 0 spiro atoms. The molecule has 8 heteroatoms. The van der Waals surface area contributed by atoms with Gasteiger partial charge >= 0.3 is 7.82 Å². The molecule has 0 saturated heterocycles. The first-order valence-corrected chi connectivity index (χ1v) is 11.2. The molecular weight excluding hydrogens is 357 g/mol. The molecule has 2 atom stereocenters. The normalized spacial score (nSPS) is 15.4. The third-order valence-electron chi connectivity index (χ3n) is 3.64. The molecule has 0 rings (SSSR count). The van der Waals surface area contributed by atoms with Crippen molar-refractivity contribution in [3.63, 3.8) is 0 Å². The van der Waals surface area contributed by atoms with Gasteiger partial charge in [-0.2, -0.15) is 0 Å². The van der Waals surface area contributed by atoms with Crippen LogP contribution in [0.5, 0.6) is 0 Å². The molecule has 0 radical (unpaired) electrons. The Bertz CT molecular complexity index is 381. The Morgan fingerprint density at radius 3 is 2.31 bits per heavy atom. The van der Waals surface area contributed by atoms with Crippen LogP contribution in [-0.4, -0.2) is 49.1 Å². The van der Waals surface area contributed by atoms with Crippen molar-refractivity contribution < 1.29 is 28.3 Å². The lowest BCUT2D eigenvalue weighted by Crippen LogP contribution is -2.22. The summed E-state index contributed by atoms with van der Waals surface area (Å²) in [4.78, 5) is 9.28. The largest absolute Gasteiger partial charge is 0.472 e.